The Morgan fingerprint density at radius 1 is 1.18 bits per heavy atom. The van der Waals surface area contributed by atoms with Crippen LogP contribution in [0.3, 0.4) is 0 Å². The molecule has 1 aromatic heterocycles. The minimum atomic E-state index is -0.209. The summed E-state index contributed by atoms with van der Waals surface area (Å²) in [6, 6.07) is 3.13. The molecule has 0 atom stereocenters. The van der Waals surface area contributed by atoms with Gasteiger partial charge in [0.05, 0.1) is 23.1 Å². The Morgan fingerprint density at radius 3 is 2.54 bits per heavy atom. The molecule has 1 saturated heterocycles. The van der Waals surface area contributed by atoms with E-state index >= 15 is 0 Å². The van der Waals surface area contributed by atoms with Crippen LogP contribution in [0.25, 0.3) is 5.57 Å². The second-order valence-electron chi connectivity index (χ2n) is 6.27. The molecule has 0 N–H and O–H groups in total. The van der Waals surface area contributed by atoms with Gasteiger partial charge in [0.15, 0.2) is 10.9 Å². The Kier molecular flexibility index (Phi) is 5.86. The summed E-state index contributed by atoms with van der Waals surface area (Å²) in [5.41, 5.74) is 0.897. The lowest BCUT2D eigenvalue weighted by molar-refractivity contribution is 0.0182. The molecule has 4 rings (SSSR count). The average molecular weight is 477 g/mol. The molecule has 146 valence electrons. The number of amides is 1. The van der Waals surface area contributed by atoms with Crippen molar-refractivity contribution in [2.45, 2.75) is 12.5 Å². The van der Waals surface area contributed by atoms with Gasteiger partial charge < -0.3 is 9.64 Å². The van der Waals surface area contributed by atoms with Crippen molar-refractivity contribution in [1.82, 2.24) is 9.88 Å². The lowest BCUT2D eigenvalue weighted by Gasteiger charge is -2.39. The molecule has 1 aromatic carbocycles. The van der Waals surface area contributed by atoms with Crippen molar-refractivity contribution in [3.05, 3.63) is 48.3 Å². The van der Waals surface area contributed by atoms with Crippen LogP contribution in [0.1, 0.15) is 21.1 Å². The van der Waals surface area contributed by atoms with Crippen LogP contribution in [0.4, 0.5) is 0 Å². The van der Waals surface area contributed by atoms with E-state index in [4.69, 9.17) is 51.1 Å². The summed E-state index contributed by atoms with van der Waals surface area (Å²) in [6.07, 6.45) is 4.45. The van der Waals surface area contributed by atoms with Gasteiger partial charge in [-0.1, -0.05) is 52.5 Å². The van der Waals surface area contributed by atoms with E-state index in [0.29, 0.717) is 43.8 Å². The maximum atomic E-state index is 12.8. The van der Waals surface area contributed by atoms with Crippen LogP contribution in [-0.2, 0) is 0 Å². The van der Waals surface area contributed by atoms with Crippen molar-refractivity contribution >= 4 is 75.4 Å². The molecule has 0 aliphatic carbocycles. The molecule has 0 saturated carbocycles. The number of carbonyl (C=O) groups excluding carboxylic acids is 1. The standard InChI is InChI=1S/C18H13Cl4N3O2S/c19-10-4-12(20)14(13(21)5-10)27-11-7-25(8-11)18(26)15-16(22)24-17(28-15)9-2-1-3-23-6-9/h2,4-6,11H,1,3,7-8H2. The maximum Gasteiger partial charge on any atom is 0.267 e. The van der Waals surface area contributed by atoms with Gasteiger partial charge >= 0.3 is 0 Å². The van der Waals surface area contributed by atoms with Crippen molar-refractivity contribution in [2.24, 2.45) is 4.99 Å². The Balaban J connectivity index is 1.41. The molecular formula is C18H13Cl4N3O2S. The van der Waals surface area contributed by atoms with E-state index in [-0.39, 0.29) is 17.2 Å². The molecule has 0 unspecified atom stereocenters. The number of aromatic nitrogens is 1. The number of allylic oxidation sites excluding steroid dienone is 1. The van der Waals surface area contributed by atoms with Crippen molar-refractivity contribution < 1.29 is 9.53 Å². The van der Waals surface area contributed by atoms with Crippen LogP contribution in [0.5, 0.6) is 5.75 Å². The average Bonchev–Trinajstić information content (AvgIpc) is 3.01. The maximum absolute atomic E-state index is 12.8. The van der Waals surface area contributed by atoms with Crippen molar-refractivity contribution in [3.8, 4) is 5.75 Å². The second-order valence-corrected chi connectivity index (χ2v) is 8.88. The topological polar surface area (TPSA) is 54.8 Å². The number of benzene rings is 1. The molecule has 10 heteroatoms. The molecule has 0 radical (unpaired) electrons. The zero-order chi connectivity index (χ0) is 19.8. The molecule has 5 nitrogen and oxygen atoms in total. The van der Waals surface area contributed by atoms with Gasteiger partial charge in [0.2, 0.25) is 0 Å². The van der Waals surface area contributed by atoms with Crippen LogP contribution in [-0.4, -0.2) is 47.7 Å². The Bertz CT molecular complexity index is 976. The fraction of sp³-hybridized carbons (Fsp3) is 0.278. The van der Waals surface area contributed by atoms with Gasteiger partial charge in [0.25, 0.3) is 5.91 Å². The monoisotopic (exact) mass is 475 g/mol. The molecule has 2 aliphatic rings. The number of likely N-dealkylation sites (tertiary alicyclic amines) is 1. The first kappa shape index (κ1) is 20.0. The summed E-state index contributed by atoms with van der Waals surface area (Å²) in [6.45, 7) is 1.58. The number of ether oxygens (including phenoxy) is 1. The van der Waals surface area contributed by atoms with Gasteiger partial charge in [-0.3, -0.25) is 9.79 Å². The summed E-state index contributed by atoms with van der Waals surface area (Å²) in [5.74, 6) is 0.196. The fourth-order valence-electron chi connectivity index (χ4n) is 2.84. The summed E-state index contributed by atoms with van der Waals surface area (Å²) < 4.78 is 5.83. The minimum absolute atomic E-state index is 0.171. The first-order chi connectivity index (χ1) is 13.4. The minimum Gasteiger partial charge on any atom is -0.484 e. The number of carbonyl (C=O) groups is 1. The lowest BCUT2D eigenvalue weighted by atomic mass is 10.1. The van der Waals surface area contributed by atoms with Gasteiger partial charge in [-0.05, 0) is 18.6 Å². The summed E-state index contributed by atoms with van der Waals surface area (Å²) in [4.78, 5) is 23.4. The summed E-state index contributed by atoms with van der Waals surface area (Å²) in [7, 11) is 0. The normalized spacial score (nSPS) is 16.7. The second kappa shape index (κ2) is 8.20. The predicted molar refractivity (Wildman–Crippen MR) is 115 cm³/mol. The highest BCUT2D eigenvalue weighted by molar-refractivity contribution is 7.15. The summed E-state index contributed by atoms with van der Waals surface area (Å²) in [5, 5.41) is 2.00. The summed E-state index contributed by atoms with van der Waals surface area (Å²) >= 11 is 25.7. The van der Waals surface area contributed by atoms with Gasteiger partial charge in [-0.2, -0.15) is 0 Å². The van der Waals surface area contributed by atoms with Gasteiger partial charge in [-0.25, -0.2) is 4.98 Å². The van der Waals surface area contributed by atoms with Crippen LogP contribution in [0.2, 0.25) is 20.2 Å². The highest BCUT2D eigenvalue weighted by Gasteiger charge is 2.35. The lowest BCUT2D eigenvalue weighted by Crippen LogP contribution is -2.56. The number of nitrogens with zero attached hydrogens (tertiary/aromatic N) is 3. The van der Waals surface area contributed by atoms with Gasteiger partial charge in [0, 0.05) is 23.4 Å². The number of hydrogen-bond donors (Lipinski definition) is 0. The van der Waals surface area contributed by atoms with Gasteiger partial charge in [-0.15, -0.1) is 11.3 Å². The smallest absolute Gasteiger partial charge is 0.267 e. The van der Waals surface area contributed by atoms with E-state index in [1.165, 1.54) is 11.3 Å². The quantitative estimate of drug-likeness (QED) is 0.583. The SMILES string of the molecule is O=C(c1sc(C2=CCCN=C2)nc1Cl)N1CC(Oc2c(Cl)cc(Cl)cc2Cl)C1. The molecule has 3 heterocycles. The number of thiazole rings is 1. The molecule has 0 spiro atoms. The molecule has 2 aromatic rings. The Labute approximate surface area is 185 Å². The number of hydrogen-bond acceptors (Lipinski definition) is 5. The molecule has 1 amide bonds. The fourth-order valence-corrected chi connectivity index (χ4v) is 5.01. The highest BCUT2D eigenvalue weighted by atomic mass is 35.5. The molecule has 2 aliphatic heterocycles. The van der Waals surface area contributed by atoms with Crippen LogP contribution >= 0.6 is 57.7 Å². The third kappa shape index (κ3) is 4.02. The molecule has 0 bridgehead atoms. The first-order valence-corrected chi connectivity index (χ1v) is 10.7. The number of halogens is 4. The van der Waals surface area contributed by atoms with Crippen molar-refractivity contribution in [3.63, 3.8) is 0 Å². The Morgan fingerprint density at radius 2 is 1.89 bits per heavy atom. The highest BCUT2D eigenvalue weighted by Crippen LogP contribution is 2.38. The number of dihydropyridines is 1. The third-order valence-electron chi connectivity index (χ3n) is 4.26. The van der Waals surface area contributed by atoms with E-state index in [1.807, 2.05) is 6.08 Å². The van der Waals surface area contributed by atoms with Crippen LogP contribution in [0, 0.1) is 0 Å². The molecule has 1 fully saturated rings. The number of aliphatic imine (C=N–C) groups is 1. The first-order valence-electron chi connectivity index (χ1n) is 8.39. The predicted octanol–water partition coefficient (Wildman–Crippen LogP) is 5.52. The third-order valence-corrected chi connectivity index (χ3v) is 6.52. The van der Waals surface area contributed by atoms with E-state index in [0.717, 1.165) is 18.5 Å². The largest absolute Gasteiger partial charge is 0.484 e. The Hall–Kier alpha value is -1.31. The van der Waals surface area contributed by atoms with Gasteiger partial charge in [0.1, 0.15) is 16.0 Å². The van der Waals surface area contributed by atoms with E-state index in [9.17, 15) is 4.79 Å². The molecule has 28 heavy (non-hydrogen) atoms. The van der Waals surface area contributed by atoms with E-state index < -0.39 is 0 Å². The van der Waals surface area contributed by atoms with Crippen molar-refractivity contribution in [2.75, 3.05) is 19.6 Å². The van der Waals surface area contributed by atoms with E-state index in [1.54, 1.807) is 23.2 Å². The van der Waals surface area contributed by atoms with E-state index in [2.05, 4.69) is 9.98 Å². The zero-order valence-corrected chi connectivity index (χ0v) is 18.1. The van der Waals surface area contributed by atoms with Crippen LogP contribution < -0.4 is 4.74 Å². The number of rotatable bonds is 4. The van der Waals surface area contributed by atoms with Crippen LogP contribution in [0.15, 0.2) is 23.2 Å². The molecular weight excluding hydrogens is 464 g/mol. The van der Waals surface area contributed by atoms with Crippen molar-refractivity contribution in [1.29, 1.82) is 0 Å². The zero-order valence-electron chi connectivity index (χ0n) is 14.3.